The van der Waals surface area contributed by atoms with Crippen LogP contribution in [0, 0.1) is 5.92 Å². The number of carbonyl (C=O) groups is 1. The fraction of sp³-hybridized carbons (Fsp3) is 0.500. The van der Waals surface area contributed by atoms with E-state index in [0.717, 1.165) is 25.1 Å². The van der Waals surface area contributed by atoms with Gasteiger partial charge in [0.25, 0.3) is 0 Å². The van der Waals surface area contributed by atoms with Gasteiger partial charge in [0, 0.05) is 19.5 Å². The Labute approximate surface area is 107 Å². The summed E-state index contributed by atoms with van der Waals surface area (Å²) in [5.41, 5.74) is 1.08. The molecule has 98 valence electrons. The van der Waals surface area contributed by atoms with Crippen LogP contribution in [0.5, 0.6) is 0 Å². The minimum atomic E-state index is -0.522. The Balaban J connectivity index is 1.71. The maximum absolute atomic E-state index is 11.7. The molecule has 2 atom stereocenters. The zero-order chi connectivity index (χ0) is 12.8. The van der Waals surface area contributed by atoms with Crippen LogP contribution in [0.25, 0.3) is 0 Å². The average molecular weight is 248 g/mol. The highest BCUT2D eigenvalue weighted by Gasteiger charge is 2.22. The summed E-state index contributed by atoms with van der Waals surface area (Å²) in [6.07, 6.45) is 0.940. The lowest BCUT2D eigenvalue weighted by Crippen LogP contribution is -2.37. The molecule has 1 aliphatic rings. The van der Waals surface area contributed by atoms with E-state index in [1.807, 2.05) is 30.3 Å². The number of aliphatic hydroxyl groups excluding tert-OH is 1. The zero-order valence-electron chi connectivity index (χ0n) is 10.4. The summed E-state index contributed by atoms with van der Waals surface area (Å²) >= 11 is 0. The van der Waals surface area contributed by atoms with Crippen molar-refractivity contribution in [2.24, 2.45) is 5.92 Å². The molecule has 3 N–H and O–H groups in total. The molecule has 1 saturated heterocycles. The number of aliphatic hydroxyl groups is 1. The molecule has 1 aliphatic heterocycles. The van der Waals surface area contributed by atoms with Crippen LogP contribution in [-0.4, -0.2) is 36.8 Å². The lowest BCUT2D eigenvalue weighted by atomic mass is 10.1. The quantitative estimate of drug-likeness (QED) is 0.703. The molecule has 1 heterocycles. The number of amides is 1. The summed E-state index contributed by atoms with van der Waals surface area (Å²) in [6.45, 7) is 1.98. The third-order valence-corrected chi connectivity index (χ3v) is 3.26. The maximum Gasteiger partial charge on any atom is 0.224 e. The molecular weight excluding hydrogens is 228 g/mol. The van der Waals surface area contributed by atoms with E-state index in [1.54, 1.807) is 0 Å². The average Bonchev–Trinajstić information content (AvgIpc) is 2.91. The molecule has 0 saturated carbocycles. The number of rotatable bonds is 5. The standard InChI is InChI=1S/C14H20N2O2/c17-13(8-11-4-2-1-3-5-11)10-16-14(18)12-6-7-15-9-12/h1-5,12-13,15,17H,6-10H2,(H,16,18). The second-order valence-electron chi connectivity index (χ2n) is 4.78. The molecule has 0 aromatic heterocycles. The van der Waals surface area contributed by atoms with Crippen molar-refractivity contribution in [3.8, 4) is 0 Å². The highest BCUT2D eigenvalue weighted by Crippen LogP contribution is 2.07. The van der Waals surface area contributed by atoms with E-state index < -0.39 is 6.10 Å². The van der Waals surface area contributed by atoms with Gasteiger partial charge in [-0.15, -0.1) is 0 Å². The highest BCUT2D eigenvalue weighted by atomic mass is 16.3. The van der Waals surface area contributed by atoms with Crippen molar-refractivity contribution < 1.29 is 9.90 Å². The lowest BCUT2D eigenvalue weighted by Gasteiger charge is -2.14. The molecule has 4 nitrogen and oxygen atoms in total. The highest BCUT2D eigenvalue weighted by molar-refractivity contribution is 5.79. The Morgan fingerprint density at radius 2 is 2.22 bits per heavy atom. The van der Waals surface area contributed by atoms with Gasteiger partial charge in [-0.05, 0) is 18.5 Å². The van der Waals surface area contributed by atoms with Crippen LogP contribution in [-0.2, 0) is 11.2 Å². The topological polar surface area (TPSA) is 61.4 Å². The van der Waals surface area contributed by atoms with E-state index in [9.17, 15) is 9.90 Å². The van der Waals surface area contributed by atoms with Crippen LogP contribution in [0.4, 0.5) is 0 Å². The molecule has 1 amide bonds. The normalized spacial score (nSPS) is 20.6. The van der Waals surface area contributed by atoms with Gasteiger partial charge in [0.2, 0.25) is 5.91 Å². The lowest BCUT2D eigenvalue weighted by molar-refractivity contribution is -0.124. The van der Waals surface area contributed by atoms with Crippen molar-refractivity contribution in [2.75, 3.05) is 19.6 Å². The van der Waals surface area contributed by atoms with E-state index in [2.05, 4.69) is 10.6 Å². The van der Waals surface area contributed by atoms with Gasteiger partial charge in [0.15, 0.2) is 0 Å². The third kappa shape index (κ3) is 3.82. The summed E-state index contributed by atoms with van der Waals surface area (Å²) in [7, 11) is 0. The molecule has 1 aromatic rings. The predicted molar refractivity (Wildman–Crippen MR) is 70.1 cm³/mol. The first-order valence-corrected chi connectivity index (χ1v) is 6.46. The predicted octanol–water partition coefficient (Wildman–Crippen LogP) is 0.316. The van der Waals surface area contributed by atoms with Gasteiger partial charge >= 0.3 is 0 Å². The van der Waals surface area contributed by atoms with Crippen molar-refractivity contribution in [3.05, 3.63) is 35.9 Å². The molecule has 2 unspecified atom stereocenters. The summed E-state index contributed by atoms with van der Waals surface area (Å²) in [6, 6.07) is 9.80. The number of hydrogen-bond acceptors (Lipinski definition) is 3. The zero-order valence-corrected chi connectivity index (χ0v) is 10.4. The number of carbonyl (C=O) groups excluding carboxylic acids is 1. The second-order valence-corrected chi connectivity index (χ2v) is 4.78. The fourth-order valence-electron chi connectivity index (χ4n) is 2.20. The minimum absolute atomic E-state index is 0.0483. The largest absolute Gasteiger partial charge is 0.391 e. The van der Waals surface area contributed by atoms with Gasteiger partial charge in [-0.25, -0.2) is 0 Å². The first kappa shape index (κ1) is 13.1. The summed E-state index contributed by atoms with van der Waals surface area (Å²) in [4.78, 5) is 11.7. The molecular formula is C14H20N2O2. The monoisotopic (exact) mass is 248 g/mol. The van der Waals surface area contributed by atoms with Crippen LogP contribution in [0.2, 0.25) is 0 Å². The van der Waals surface area contributed by atoms with Crippen LogP contribution < -0.4 is 10.6 Å². The van der Waals surface area contributed by atoms with Crippen molar-refractivity contribution >= 4 is 5.91 Å². The molecule has 0 radical (unpaired) electrons. The Morgan fingerprint density at radius 1 is 1.44 bits per heavy atom. The van der Waals surface area contributed by atoms with Crippen molar-refractivity contribution in [3.63, 3.8) is 0 Å². The van der Waals surface area contributed by atoms with Crippen LogP contribution in [0.1, 0.15) is 12.0 Å². The van der Waals surface area contributed by atoms with Gasteiger partial charge in [-0.1, -0.05) is 30.3 Å². The molecule has 2 rings (SSSR count). The molecule has 4 heteroatoms. The van der Waals surface area contributed by atoms with Gasteiger partial charge in [-0.2, -0.15) is 0 Å². The van der Waals surface area contributed by atoms with E-state index in [1.165, 1.54) is 0 Å². The van der Waals surface area contributed by atoms with E-state index in [0.29, 0.717) is 13.0 Å². The van der Waals surface area contributed by atoms with Crippen LogP contribution in [0.15, 0.2) is 30.3 Å². The van der Waals surface area contributed by atoms with E-state index >= 15 is 0 Å². The molecule has 1 aromatic carbocycles. The first-order chi connectivity index (χ1) is 8.75. The Kier molecular flexibility index (Phi) is 4.73. The molecule has 0 aliphatic carbocycles. The maximum atomic E-state index is 11.7. The second kappa shape index (κ2) is 6.52. The van der Waals surface area contributed by atoms with Crippen molar-refractivity contribution in [2.45, 2.75) is 18.9 Å². The molecule has 0 bridgehead atoms. The number of benzene rings is 1. The smallest absolute Gasteiger partial charge is 0.224 e. The van der Waals surface area contributed by atoms with Crippen molar-refractivity contribution in [1.29, 1.82) is 0 Å². The van der Waals surface area contributed by atoms with Crippen molar-refractivity contribution in [1.82, 2.24) is 10.6 Å². The number of nitrogens with one attached hydrogen (secondary N) is 2. The van der Waals surface area contributed by atoms with E-state index in [-0.39, 0.29) is 11.8 Å². The minimum Gasteiger partial charge on any atom is -0.391 e. The van der Waals surface area contributed by atoms with Gasteiger partial charge < -0.3 is 15.7 Å². The van der Waals surface area contributed by atoms with Gasteiger partial charge in [-0.3, -0.25) is 4.79 Å². The Hall–Kier alpha value is -1.39. The van der Waals surface area contributed by atoms with Gasteiger partial charge in [0.1, 0.15) is 0 Å². The van der Waals surface area contributed by atoms with Gasteiger partial charge in [0.05, 0.1) is 12.0 Å². The first-order valence-electron chi connectivity index (χ1n) is 6.46. The Morgan fingerprint density at radius 3 is 2.89 bits per heavy atom. The number of hydrogen-bond donors (Lipinski definition) is 3. The SMILES string of the molecule is O=C(NCC(O)Cc1ccccc1)C1CCNC1. The van der Waals surface area contributed by atoms with Crippen LogP contribution in [0.3, 0.4) is 0 Å². The summed E-state index contributed by atoms with van der Waals surface area (Å²) in [5.74, 6) is 0.112. The summed E-state index contributed by atoms with van der Waals surface area (Å²) in [5, 5.41) is 15.8. The third-order valence-electron chi connectivity index (χ3n) is 3.26. The van der Waals surface area contributed by atoms with Crippen LogP contribution >= 0.6 is 0 Å². The Bertz CT molecular complexity index is 375. The summed E-state index contributed by atoms with van der Waals surface area (Å²) < 4.78 is 0. The molecule has 18 heavy (non-hydrogen) atoms. The fourth-order valence-corrected chi connectivity index (χ4v) is 2.20. The molecule has 1 fully saturated rings. The van der Waals surface area contributed by atoms with E-state index in [4.69, 9.17) is 0 Å². The molecule has 0 spiro atoms.